The quantitative estimate of drug-likeness (QED) is 0.868. The number of nitrogens with zero attached hydrogens (tertiary/aromatic N) is 2. The molecule has 0 radical (unpaired) electrons. The van der Waals surface area contributed by atoms with Crippen molar-refractivity contribution < 1.29 is 9.90 Å². The number of piperazine rings is 1. The molecular formula is C14H20N2O2. The van der Waals surface area contributed by atoms with Gasteiger partial charge in [0.15, 0.2) is 0 Å². The van der Waals surface area contributed by atoms with Gasteiger partial charge in [-0.3, -0.25) is 4.90 Å². The molecule has 0 bridgehead atoms. The zero-order valence-electron chi connectivity index (χ0n) is 11.1. The van der Waals surface area contributed by atoms with Crippen LogP contribution in [0.1, 0.15) is 24.2 Å². The summed E-state index contributed by atoms with van der Waals surface area (Å²) in [5.74, 6) is -0.857. The Kier molecular flexibility index (Phi) is 3.57. The monoisotopic (exact) mass is 248 g/mol. The maximum atomic E-state index is 11.3. The highest BCUT2D eigenvalue weighted by molar-refractivity contribution is 5.94. The number of para-hydroxylation sites is 1. The highest BCUT2D eigenvalue weighted by Gasteiger charge is 2.28. The van der Waals surface area contributed by atoms with Gasteiger partial charge in [-0.25, -0.2) is 4.79 Å². The molecule has 1 aliphatic heterocycles. The van der Waals surface area contributed by atoms with Crippen LogP contribution in [0.4, 0.5) is 5.69 Å². The third-order valence-electron chi connectivity index (χ3n) is 3.83. The second kappa shape index (κ2) is 4.98. The lowest BCUT2D eigenvalue weighted by molar-refractivity contribution is 0.0697. The van der Waals surface area contributed by atoms with E-state index in [9.17, 15) is 9.90 Å². The predicted molar refractivity (Wildman–Crippen MR) is 72.3 cm³/mol. The Bertz CT molecular complexity index is 435. The Balaban J connectivity index is 2.30. The average Bonchev–Trinajstić information content (AvgIpc) is 2.35. The maximum Gasteiger partial charge on any atom is 0.337 e. The van der Waals surface area contributed by atoms with E-state index < -0.39 is 5.97 Å². The number of aromatic carboxylic acids is 1. The number of hydrogen-bond donors (Lipinski definition) is 1. The van der Waals surface area contributed by atoms with Crippen molar-refractivity contribution in [3.8, 4) is 0 Å². The normalized spacial score (nSPS) is 25.2. The third-order valence-corrected chi connectivity index (χ3v) is 3.83. The predicted octanol–water partition coefficient (Wildman–Crippen LogP) is 1.91. The number of rotatable bonds is 2. The van der Waals surface area contributed by atoms with E-state index in [4.69, 9.17) is 0 Å². The number of benzene rings is 1. The van der Waals surface area contributed by atoms with Crippen LogP contribution in [0.5, 0.6) is 0 Å². The van der Waals surface area contributed by atoms with Crippen molar-refractivity contribution in [1.29, 1.82) is 0 Å². The summed E-state index contributed by atoms with van der Waals surface area (Å²) in [7, 11) is 2.12. The SMILES string of the molecule is CC1CN(c2ccccc2C(=O)O)CC(C)N1C. The van der Waals surface area contributed by atoms with E-state index in [-0.39, 0.29) is 0 Å². The molecule has 0 aromatic heterocycles. The first-order valence-electron chi connectivity index (χ1n) is 6.30. The summed E-state index contributed by atoms with van der Waals surface area (Å²) in [6.07, 6.45) is 0. The molecule has 1 N–H and O–H groups in total. The van der Waals surface area contributed by atoms with Crippen LogP contribution in [-0.4, -0.2) is 48.2 Å². The van der Waals surface area contributed by atoms with Gasteiger partial charge in [0.05, 0.1) is 11.3 Å². The Morgan fingerprint density at radius 2 is 1.78 bits per heavy atom. The van der Waals surface area contributed by atoms with Crippen molar-refractivity contribution in [3.63, 3.8) is 0 Å². The lowest BCUT2D eigenvalue weighted by Gasteiger charge is -2.43. The molecule has 1 saturated heterocycles. The third kappa shape index (κ3) is 2.34. The molecule has 1 aromatic carbocycles. The number of carboxylic acids is 1. The summed E-state index contributed by atoms with van der Waals surface area (Å²) in [5.41, 5.74) is 1.22. The van der Waals surface area contributed by atoms with Gasteiger partial charge in [-0.05, 0) is 33.0 Å². The second-order valence-corrected chi connectivity index (χ2v) is 5.09. The molecule has 0 saturated carbocycles. The standard InChI is InChI=1S/C14H20N2O2/c1-10-8-16(9-11(2)15(10)3)13-7-5-4-6-12(13)14(17)18/h4-7,10-11H,8-9H2,1-3H3,(H,17,18). The first-order chi connectivity index (χ1) is 8.50. The summed E-state index contributed by atoms with van der Waals surface area (Å²) >= 11 is 0. The molecule has 1 fully saturated rings. The number of hydrogen-bond acceptors (Lipinski definition) is 3. The van der Waals surface area contributed by atoms with Crippen LogP contribution in [-0.2, 0) is 0 Å². The van der Waals surface area contributed by atoms with Crippen molar-refractivity contribution in [2.45, 2.75) is 25.9 Å². The van der Waals surface area contributed by atoms with Gasteiger partial charge in [0.25, 0.3) is 0 Å². The summed E-state index contributed by atoms with van der Waals surface area (Å²) < 4.78 is 0. The van der Waals surface area contributed by atoms with Crippen LogP contribution in [0, 0.1) is 0 Å². The summed E-state index contributed by atoms with van der Waals surface area (Å²) in [6.45, 7) is 6.08. The smallest absolute Gasteiger partial charge is 0.337 e. The zero-order valence-corrected chi connectivity index (χ0v) is 11.1. The Hall–Kier alpha value is -1.55. The number of carbonyl (C=O) groups is 1. The highest BCUT2D eigenvalue weighted by atomic mass is 16.4. The lowest BCUT2D eigenvalue weighted by Crippen LogP contribution is -2.55. The van der Waals surface area contributed by atoms with Gasteiger partial charge < -0.3 is 10.0 Å². The first kappa shape index (κ1) is 12.9. The van der Waals surface area contributed by atoms with E-state index >= 15 is 0 Å². The molecule has 1 aliphatic rings. The number of carboxylic acid groups (broad SMARTS) is 1. The van der Waals surface area contributed by atoms with Gasteiger partial charge in [0, 0.05) is 25.2 Å². The maximum absolute atomic E-state index is 11.3. The van der Waals surface area contributed by atoms with Gasteiger partial charge >= 0.3 is 5.97 Å². The number of likely N-dealkylation sites (N-methyl/N-ethyl adjacent to an activating group) is 1. The average molecular weight is 248 g/mol. The molecule has 98 valence electrons. The van der Waals surface area contributed by atoms with Crippen LogP contribution in [0.15, 0.2) is 24.3 Å². The van der Waals surface area contributed by atoms with Gasteiger partial charge in [-0.15, -0.1) is 0 Å². The summed E-state index contributed by atoms with van der Waals surface area (Å²) in [5, 5.41) is 9.24. The Morgan fingerprint density at radius 1 is 1.22 bits per heavy atom. The van der Waals surface area contributed by atoms with Gasteiger partial charge in [-0.1, -0.05) is 12.1 Å². The van der Waals surface area contributed by atoms with Crippen LogP contribution in [0.3, 0.4) is 0 Å². The topological polar surface area (TPSA) is 43.8 Å². The molecule has 0 aliphatic carbocycles. The summed E-state index contributed by atoms with van der Waals surface area (Å²) in [4.78, 5) is 15.8. The van der Waals surface area contributed by atoms with Gasteiger partial charge in [0.1, 0.15) is 0 Å². The number of anilines is 1. The molecule has 2 atom stereocenters. The first-order valence-corrected chi connectivity index (χ1v) is 6.30. The fourth-order valence-electron chi connectivity index (χ4n) is 2.53. The molecular weight excluding hydrogens is 228 g/mol. The van der Waals surface area contributed by atoms with Gasteiger partial charge in [-0.2, -0.15) is 0 Å². The Morgan fingerprint density at radius 3 is 2.33 bits per heavy atom. The van der Waals surface area contributed by atoms with E-state index in [1.807, 2.05) is 12.1 Å². The van der Waals surface area contributed by atoms with E-state index in [1.54, 1.807) is 12.1 Å². The molecule has 2 rings (SSSR count). The van der Waals surface area contributed by atoms with Crippen LogP contribution in [0.25, 0.3) is 0 Å². The highest BCUT2D eigenvalue weighted by Crippen LogP contribution is 2.25. The van der Waals surface area contributed by atoms with Crippen molar-refractivity contribution in [2.75, 3.05) is 25.0 Å². The molecule has 0 spiro atoms. The van der Waals surface area contributed by atoms with E-state index in [0.717, 1.165) is 18.8 Å². The van der Waals surface area contributed by atoms with Crippen molar-refractivity contribution in [2.24, 2.45) is 0 Å². The lowest BCUT2D eigenvalue weighted by atomic mass is 10.1. The molecule has 1 aromatic rings. The van der Waals surface area contributed by atoms with Crippen LogP contribution in [0.2, 0.25) is 0 Å². The van der Waals surface area contributed by atoms with E-state index in [1.165, 1.54) is 0 Å². The fraction of sp³-hybridized carbons (Fsp3) is 0.500. The second-order valence-electron chi connectivity index (χ2n) is 5.09. The van der Waals surface area contributed by atoms with Crippen molar-refractivity contribution in [1.82, 2.24) is 4.90 Å². The van der Waals surface area contributed by atoms with Crippen molar-refractivity contribution >= 4 is 11.7 Å². The molecule has 0 amide bonds. The van der Waals surface area contributed by atoms with Crippen LogP contribution >= 0.6 is 0 Å². The molecule has 2 unspecified atom stereocenters. The zero-order chi connectivity index (χ0) is 13.3. The van der Waals surface area contributed by atoms with Crippen LogP contribution < -0.4 is 4.90 Å². The molecule has 1 heterocycles. The molecule has 18 heavy (non-hydrogen) atoms. The van der Waals surface area contributed by atoms with E-state index in [2.05, 4.69) is 30.7 Å². The minimum absolute atomic E-state index is 0.390. The molecule has 4 nitrogen and oxygen atoms in total. The fourth-order valence-corrected chi connectivity index (χ4v) is 2.53. The molecule has 4 heteroatoms. The van der Waals surface area contributed by atoms with Crippen molar-refractivity contribution in [3.05, 3.63) is 29.8 Å². The minimum Gasteiger partial charge on any atom is -0.478 e. The minimum atomic E-state index is -0.857. The van der Waals surface area contributed by atoms with Gasteiger partial charge in [0.2, 0.25) is 0 Å². The summed E-state index contributed by atoms with van der Waals surface area (Å²) in [6, 6.07) is 8.09. The van der Waals surface area contributed by atoms with E-state index in [0.29, 0.717) is 17.6 Å². The largest absolute Gasteiger partial charge is 0.478 e. The Labute approximate surface area is 108 Å².